The summed E-state index contributed by atoms with van der Waals surface area (Å²) in [6, 6.07) is 19.8. The van der Waals surface area contributed by atoms with Crippen LogP contribution in [-0.4, -0.2) is 37.6 Å². The van der Waals surface area contributed by atoms with Gasteiger partial charge in [-0.05, 0) is 74.2 Å². The van der Waals surface area contributed by atoms with Crippen molar-refractivity contribution in [2.75, 3.05) is 36.4 Å². The molecule has 7 heteroatoms. The van der Waals surface area contributed by atoms with E-state index in [1.54, 1.807) is 17.0 Å². The number of carbonyl (C=O) groups excluding carboxylic acids is 1. The number of hydrogen-bond acceptors (Lipinski definition) is 5. The van der Waals surface area contributed by atoms with Crippen LogP contribution in [0, 0.1) is 23.1 Å². The van der Waals surface area contributed by atoms with Crippen LogP contribution >= 0.6 is 0 Å². The minimum absolute atomic E-state index is 0.263. The first-order valence-electron chi connectivity index (χ1n) is 11.6. The van der Waals surface area contributed by atoms with E-state index in [4.69, 9.17) is 4.98 Å². The number of hydrogen-bond donors (Lipinski definition) is 2. The SMILES string of the molecule is N#Cc1ccccc1-c1ccc(N(C=O)CC2CCNCC2)c(NCCc2cccc(F)c2)n1. The molecule has 174 valence electrons. The molecule has 6 nitrogen and oxygen atoms in total. The second-order valence-electron chi connectivity index (χ2n) is 8.48. The highest BCUT2D eigenvalue weighted by Crippen LogP contribution is 2.30. The lowest BCUT2D eigenvalue weighted by Gasteiger charge is -2.29. The first-order valence-corrected chi connectivity index (χ1v) is 11.6. The van der Waals surface area contributed by atoms with Crippen LogP contribution in [0.25, 0.3) is 11.3 Å². The molecule has 1 amide bonds. The van der Waals surface area contributed by atoms with E-state index >= 15 is 0 Å². The first-order chi connectivity index (χ1) is 16.7. The van der Waals surface area contributed by atoms with Gasteiger partial charge in [0.25, 0.3) is 0 Å². The number of rotatable bonds is 9. The molecule has 0 unspecified atom stereocenters. The Morgan fingerprint density at radius 1 is 1.15 bits per heavy atom. The normalized spacial score (nSPS) is 13.8. The zero-order valence-electron chi connectivity index (χ0n) is 19.0. The summed E-state index contributed by atoms with van der Waals surface area (Å²) in [5, 5.41) is 16.2. The lowest BCUT2D eigenvalue weighted by atomic mass is 9.97. The van der Waals surface area contributed by atoms with Crippen molar-refractivity contribution in [2.45, 2.75) is 19.3 Å². The van der Waals surface area contributed by atoms with Gasteiger partial charge < -0.3 is 15.5 Å². The Morgan fingerprint density at radius 3 is 2.74 bits per heavy atom. The highest BCUT2D eigenvalue weighted by atomic mass is 19.1. The molecule has 1 fully saturated rings. The fourth-order valence-corrected chi connectivity index (χ4v) is 4.33. The highest BCUT2D eigenvalue weighted by Gasteiger charge is 2.20. The number of benzene rings is 2. The first kappa shape index (κ1) is 23.4. The molecular weight excluding hydrogens is 429 g/mol. The van der Waals surface area contributed by atoms with Crippen LogP contribution in [-0.2, 0) is 11.2 Å². The molecule has 0 aliphatic carbocycles. The number of carbonyl (C=O) groups is 1. The smallest absolute Gasteiger partial charge is 0.214 e. The number of nitrogens with one attached hydrogen (secondary N) is 2. The maximum absolute atomic E-state index is 13.6. The Morgan fingerprint density at radius 2 is 1.97 bits per heavy atom. The molecule has 0 spiro atoms. The van der Waals surface area contributed by atoms with Gasteiger partial charge in [-0.15, -0.1) is 0 Å². The summed E-state index contributed by atoms with van der Waals surface area (Å²) >= 11 is 0. The molecule has 4 rings (SSSR count). The highest BCUT2D eigenvalue weighted by molar-refractivity contribution is 5.83. The van der Waals surface area contributed by atoms with Crippen molar-refractivity contribution < 1.29 is 9.18 Å². The van der Waals surface area contributed by atoms with Crippen LogP contribution in [0.5, 0.6) is 0 Å². The molecule has 3 aromatic rings. The zero-order chi connectivity index (χ0) is 23.8. The molecule has 2 N–H and O–H groups in total. The molecular formula is C27H28FN5O. The van der Waals surface area contributed by atoms with Crippen LogP contribution in [0.4, 0.5) is 15.9 Å². The van der Waals surface area contributed by atoms with Gasteiger partial charge in [0.15, 0.2) is 5.82 Å². The third-order valence-corrected chi connectivity index (χ3v) is 6.14. The van der Waals surface area contributed by atoms with Crippen LogP contribution in [0.1, 0.15) is 24.0 Å². The van der Waals surface area contributed by atoms with Gasteiger partial charge in [-0.25, -0.2) is 9.37 Å². The van der Waals surface area contributed by atoms with Crippen molar-refractivity contribution in [2.24, 2.45) is 5.92 Å². The van der Waals surface area contributed by atoms with Gasteiger partial charge in [0.1, 0.15) is 5.82 Å². The maximum Gasteiger partial charge on any atom is 0.214 e. The van der Waals surface area contributed by atoms with Crippen molar-refractivity contribution >= 4 is 17.9 Å². The largest absolute Gasteiger partial charge is 0.368 e. The monoisotopic (exact) mass is 457 g/mol. The average Bonchev–Trinajstić information content (AvgIpc) is 2.88. The van der Waals surface area contributed by atoms with Gasteiger partial charge in [0.2, 0.25) is 6.41 Å². The predicted octanol–water partition coefficient (Wildman–Crippen LogP) is 4.38. The van der Waals surface area contributed by atoms with E-state index in [-0.39, 0.29) is 5.82 Å². The minimum Gasteiger partial charge on any atom is -0.368 e. The van der Waals surface area contributed by atoms with Crippen LogP contribution in [0.15, 0.2) is 60.7 Å². The molecule has 0 atom stereocenters. The van der Waals surface area contributed by atoms with Crippen molar-refractivity contribution in [3.63, 3.8) is 0 Å². The molecule has 1 aliphatic rings. The standard InChI is InChI=1S/C27H28FN5O/c28-23-6-3-4-20(16-23)12-15-31-27-26(33(19-34)18-21-10-13-30-14-11-21)9-8-25(32-27)24-7-2-1-5-22(24)17-29/h1-9,16,19,21,30H,10-15,18H2,(H,31,32). The molecule has 0 radical (unpaired) electrons. The molecule has 2 heterocycles. The van der Waals surface area contributed by atoms with Gasteiger partial charge in [-0.3, -0.25) is 4.79 Å². The zero-order valence-corrected chi connectivity index (χ0v) is 19.0. The third-order valence-electron chi connectivity index (χ3n) is 6.14. The summed E-state index contributed by atoms with van der Waals surface area (Å²) in [6.45, 7) is 3.06. The molecule has 0 bridgehead atoms. The van der Waals surface area contributed by atoms with Crippen LogP contribution in [0.2, 0.25) is 0 Å². The van der Waals surface area contributed by atoms with Gasteiger partial charge in [0.05, 0.1) is 23.0 Å². The fraction of sp³-hybridized carbons (Fsp3) is 0.296. The van der Waals surface area contributed by atoms with Gasteiger partial charge >= 0.3 is 0 Å². The Bertz CT molecular complexity index is 1170. The number of aromatic nitrogens is 1. The number of pyridine rings is 1. The van der Waals surface area contributed by atoms with E-state index in [1.807, 2.05) is 36.4 Å². The van der Waals surface area contributed by atoms with E-state index in [9.17, 15) is 14.4 Å². The van der Waals surface area contributed by atoms with E-state index in [0.717, 1.165) is 43.5 Å². The minimum atomic E-state index is -0.263. The van der Waals surface area contributed by atoms with Crippen molar-refractivity contribution in [1.82, 2.24) is 10.3 Å². The van der Waals surface area contributed by atoms with Crippen LogP contribution < -0.4 is 15.5 Å². The second kappa shape index (κ2) is 11.4. The van der Waals surface area contributed by atoms with Crippen molar-refractivity contribution in [1.29, 1.82) is 5.26 Å². The summed E-state index contributed by atoms with van der Waals surface area (Å²) in [5.74, 6) is 0.730. The molecule has 34 heavy (non-hydrogen) atoms. The molecule has 2 aromatic carbocycles. The second-order valence-corrected chi connectivity index (χ2v) is 8.48. The Hall–Kier alpha value is -3.76. The van der Waals surface area contributed by atoms with Crippen LogP contribution in [0.3, 0.4) is 0 Å². The van der Waals surface area contributed by atoms with E-state index in [1.165, 1.54) is 12.1 Å². The van der Waals surface area contributed by atoms with E-state index in [2.05, 4.69) is 16.7 Å². The summed E-state index contributed by atoms with van der Waals surface area (Å²) in [6.07, 6.45) is 3.51. The van der Waals surface area contributed by atoms with Gasteiger partial charge in [0, 0.05) is 18.7 Å². The lowest BCUT2D eigenvalue weighted by molar-refractivity contribution is -0.107. The quantitative estimate of drug-likeness (QED) is 0.466. The Labute approximate surface area is 199 Å². The number of nitrogens with zero attached hydrogens (tertiary/aromatic N) is 3. The number of anilines is 2. The maximum atomic E-state index is 13.6. The third kappa shape index (κ3) is 5.77. The van der Waals surface area contributed by atoms with E-state index < -0.39 is 0 Å². The van der Waals surface area contributed by atoms with Gasteiger partial charge in [-0.2, -0.15) is 5.26 Å². The van der Waals surface area contributed by atoms with Gasteiger partial charge in [-0.1, -0.05) is 30.3 Å². The molecule has 1 aromatic heterocycles. The Kier molecular flexibility index (Phi) is 7.84. The molecule has 1 saturated heterocycles. The predicted molar refractivity (Wildman–Crippen MR) is 132 cm³/mol. The number of nitriles is 1. The number of piperidine rings is 1. The topological polar surface area (TPSA) is 81.0 Å². The van der Waals surface area contributed by atoms with E-state index in [0.29, 0.717) is 48.2 Å². The number of amides is 1. The lowest BCUT2D eigenvalue weighted by Crippen LogP contribution is -2.36. The molecule has 0 saturated carbocycles. The molecule has 1 aliphatic heterocycles. The summed E-state index contributed by atoms with van der Waals surface area (Å²) in [7, 11) is 0. The Balaban J connectivity index is 1.62. The average molecular weight is 458 g/mol. The summed E-state index contributed by atoms with van der Waals surface area (Å²) < 4.78 is 13.6. The fourth-order valence-electron chi connectivity index (χ4n) is 4.33. The number of halogens is 1. The van der Waals surface area contributed by atoms with Crippen molar-refractivity contribution in [3.8, 4) is 17.3 Å². The van der Waals surface area contributed by atoms with Crippen molar-refractivity contribution in [3.05, 3.63) is 77.6 Å². The summed E-state index contributed by atoms with van der Waals surface area (Å²) in [4.78, 5) is 18.6. The summed E-state index contributed by atoms with van der Waals surface area (Å²) in [5.41, 5.74) is 3.51.